The van der Waals surface area contributed by atoms with Gasteiger partial charge in [-0.2, -0.15) is 11.8 Å². The van der Waals surface area contributed by atoms with Gasteiger partial charge in [-0.05, 0) is 36.8 Å². The molecule has 2 atom stereocenters. The van der Waals surface area contributed by atoms with Crippen molar-refractivity contribution in [3.05, 3.63) is 29.3 Å². The Hall–Kier alpha value is -0.810. The summed E-state index contributed by atoms with van der Waals surface area (Å²) in [4.78, 5) is 0. The molecule has 0 radical (unpaired) electrons. The molecule has 5 heteroatoms. The van der Waals surface area contributed by atoms with Crippen molar-refractivity contribution in [1.82, 2.24) is 5.32 Å². The van der Waals surface area contributed by atoms with Gasteiger partial charge in [0, 0.05) is 17.8 Å². The van der Waals surface area contributed by atoms with Crippen LogP contribution in [0.4, 0.5) is 8.78 Å². The Morgan fingerprint density at radius 2 is 1.89 bits per heavy atom. The molecule has 1 fully saturated rings. The van der Waals surface area contributed by atoms with Crippen molar-refractivity contribution in [3.63, 3.8) is 0 Å². The Kier molecular flexibility index (Phi) is 5.05. The molecular formula is C14H19F2NOS. The van der Waals surface area contributed by atoms with Crippen molar-refractivity contribution in [2.45, 2.75) is 43.5 Å². The topological polar surface area (TPSA) is 32.3 Å². The fourth-order valence-electron chi connectivity index (χ4n) is 2.58. The summed E-state index contributed by atoms with van der Waals surface area (Å²) in [6, 6.07) is 2.76. The summed E-state index contributed by atoms with van der Waals surface area (Å²) < 4.78 is 26.5. The van der Waals surface area contributed by atoms with E-state index in [-0.39, 0.29) is 0 Å². The Labute approximate surface area is 116 Å². The molecule has 19 heavy (non-hydrogen) atoms. The summed E-state index contributed by atoms with van der Waals surface area (Å²) in [6.45, 7) is 0.426. The highest BCUT2D eigenvalue weighted by Crippen LogP contribution is 2.28. The first-order chi connectivity index (χ1) is 9.11. The number of aromatic hydroxyl groups is 1. The van der Waals surface area contributed by atoms with Crippen LogP contribution in [0, 0.1) is 11.6 Å². The molecule has 0 saturated heterocycles. The second kappa shape index (κ2) is 6.57. The van der Waals surface area contributed by atoms with Gasteiger partial charge in [-0.15, -0.1) is 0 Å². The second-order valence-corrected chi connectivity index (χ2v) is 6.03. The third-order valence-corrected chi connectivity index (χ3v) is 4.82. The minimum Gasteiger partial charge on any atom is -0.503 e. The van der Waals surface area contributed by atoms with Crippen molar-refractivity contribution in [2.24, 2.45) is 0 Å². The van der Waals surface area contributed by atoms with Crippen molar-refractivity contribution in [2.75, 3.05) is 6.26 Å². The number of hydrogen-bond donors (Lipinski definition) is 2. The zero-order valence-corrected chi connectivity index (χ0v) is 11.8. The molecule has 0 amide bonds. The van der Waals surface area contributed by atoms with Crippen LogP contribution in [0.5, 0.6) is 5.75 Å². The smallest absolute Gasteiger partial charge is 0.187 e. The van der Waals surface area contributed by atoms with Crippen molar-refractivity contribution < 1.29 is 13.9 Å². The predicted molar refractivity (Wildman–Crippen MR) is 74.4 cm³/mol. The van der Waals surface area contributed by atoms with Crippen LogP contribution in [-0.4, -0.2) is 22.7 Å². The molecule has 106 valence electrons. The molecular weight excluding hydrogens is 268 g/mol. The van der Waals surface area contributed by atoms with Crippen LogP contribution in [-0.2, 0) is 6.54 Å². The second-order valence-electron chi connectivity index (χ2n) is 4.95. The first kappa shape index (κ1) is 14.6. The Morgan fingerprint density at radius 3 is 2.53 bits per heavy atom. The van der Waals surface area contributed by atoms with Gasteiger partial charge in [0.05, 0.1) is 0 Å². The van der Waals surface area contributed by atoms with E-state index in [0.29, 0.717) is 23.4 Å². The van der Waals surface area contributed by atoms with Crippen molar-refractivity contribution in [3.8, 4) is 5.75 Å². The van der Waals surface area contributed by atoms with E-state index in [4.69, 9.17) is 5.11 Å². The SMILES string of the molecule is CSC1CCCCC1NCc1cc(F)c(O)c(F)c1. The summed E-state index contributed by atoms with van der Waals surface area (Å²) in [5.41, 5.74) is 0.526. The summed E-state index contributed by atoms with van der Waals surface area (Å²) in [5, 5.41) is 13.0. The van der Waals surface area contributed by atoms with Crippen molar-refractivity contribution in [1.29, 1.82) is 0 Å². The summed E-state index contributed by atoms with van der Waals surface area (Å²) in [7, 11) is 0. The Morgan fingerprint density at radius 1 is 1.26 bits per heavy atom. The van der Waals surface area contributed by atoms with E-state index >= 15 is 0 Å². The predicted octanol–water partition coefficient (Wildman–Crippen LogP) is 3.43. The largest absolute Gasteiger partial charge is 0.503 e. The van der Waals surface area contributed by atoms with Crippen LogP contribution >= 0.6 is 11.8 Å². The Bertz CT molecular complexity index is 418. The molecule has 0 spiro atoms. The molecule has 1 aliphatic rings. The summed E-state index contributed by atoms with van der Waals surface area (Å²) in [5.74, 6) is -2.70. The van der Waals surface area contributed by atoms with Gasteiger partial charge < -0.3 is 10.4 Å². The van der Waals surface area contributed by atoms with Crippen molar-refractivity contribution >= 4 is 11.8 Å². The van der Waals surface area contributed by atoms with Gasteiger partial charge in [0.25, 0.3) is 0 Å². The molecule has 0 heterocycles. The monoisotopic (exact) mass is 287 g/mol. The van der Waals surface area contributed by atoms with Gasteiger partial charge in [0.15, 0.2) is 17.4 Å². The minimum atomic E-state index is -0.901. The van der Waals surface area contributed by atoms with E-state index in [1.807, 2.05) is 11.8 Å². The first-order valence-corrected chi connectivity index (χ1v) is 7.83. The molecule has 1 saturated carbocycles. The number of phenols is 1. The number of phenolic OH excluding ortho intramolecular Hbond substituents is 1. The van der Waals surface area contributed by atoms with Crippen LogP contribution in [0.15, 0.2) is 12.1 Å². The molecule has 2 unspecified atom stereocenters. The van der Waals surface area contributed by atoms with Crippen LogP contribution in [0.25, 0.3) is 0 Å². The van der Waals surface area contributed by atoms with Crippen LogP contribution in [0.2, 0.25) is 0 Å². The summed E-state index contributed by atoms with van der Waals surface area (Å²) in [6.07, 6.45) is 6.86. The first-order valence-electron chi connectivity index (χ1n) is 6.55. The van der Waals surface area contributed by atoms with Gasteiger partial charge in [-0.3, -0.25) is 0 Å². The number of thioether (sulfide) groups is 1. The molecule has 2 nitrogen and oxygen atoms in total. The van der Waals surface area contributed by atoms with E-state index in [1.54, 1.807) is 0 Å². The van der Waals surface area contributed by atoms with E-state index in [9.17, 15) is 8.78 Å². The number of rotatable bonds is 4. The molecule has 0 aromatic heterocycles. The average molecular weight is 287 g/mol. The number of halogens is 2. The van der Waals surface area contributed by atoms with Gasteiger partial charge in [-0.1, -0.05) is 12.8 Å². The highest BCUT2D eigenvalue weighted by atomic mass is 32.2. The number of benzene rings is 1. The standard InChI is InChI=1S/C14H19F2NOS/c1-19-13-5-3-2-4-12(13)17-8-9-6-10(15)14(18)11(16)7-9/h6-7,12-13,17-18H,2-5,8H2,1H3. The molecule has 2 rings (SSSR count). The fraction of sp³-hybridized carbons (Fsp3) is 0.571. The van der Waals surface area contributed by atoms with E-state index in [0.717, 1.165) is 6.42 Å². The maximum Gasteiger partial charge on any atom is 0.187 e. The van der Waals surface area contributed by atoms with Crippen LogP contribution in [0.3, 0.4) is 0 Å². The van der Waals surface area contributed by atoms with E-state index in [2.05, 4.69) is 11.6 Å². The zero-order valence-electron chi connectivity index (χ0n) is 11.0. The highest BCUT2D eigenvalue weighted by Gasteiger charge is 2.23. The lowest BCUT2D eigenvalue weighted by Crippen LogP contribution is -2.39. The van der Waals surface area contributed by atoms with Crippen LogP contribution in [0.1, 0.15) is 31.2 Å². The lowest BCUT2D eigenvalue weighted by atomic mass is 9.94. The zero-order chi connectivity index (χ0) is 13.8. The minimum absolute atomic E-state index is 0.392. The third-order valence-electron chi connectivity index (χ3n) is 3.65. The molecule has 2 N–H and O–H groups in total. The molecule has 1 aromatic carbocycles. The molecule has 0 bridgehead atoms. The normalized spacial score (nSPS) is 23.5. The lowest BCUT2D eigenvalue weighted by Gasteiger charge is -2.31. The van der Waals surface area contributed by atoms with Gasteiger partial charge in [0.1, 0.15) is 0 Å². The van der Waals surface area contributed by atoms with Gasteiger partial charge in [0.2, 0.25) is 0 Å². The number of hydrogen-bond acceptors (Lipinski definition) is 3. The third kappa shape index (κ3) is 3.60. The Balaban J connectivity index is 1.98. The van der Waals surface area contributed by atoms with E-state index < -0.39 is 17.4 Å². The fourth-order valence-corrected chi connectivity index (χ4v) is 3.54. The summed E-state index contributed by atoms with van der Waals surface area (Å²) >= 11 is 1.85. The van der Waals surface area contributed by atoms with Crippen LogP contribution < -0.4 is 5.32 Å². The highest BCUT2D eigenvalue weighted by molar-refractivity contribution is 7.99. The molecule has 0 aliphatic heterocycles. The number of nitrogens with one attached hydrogen (secondary N) is 1. The molecule has 1 aromatic rings. The van der Waals surface area contributed by atoms with Gasteiger partial charge in [-0.25, -0.2) is 8.78 Å². The average Bonchev–Trinajstić information content (AvgIpc) is 2.42. The van der Waals surface area contributed by atoms with Gasteiger partial charge >= 0.3 is 0 Å². The maximum absolute atomic E-state index is 13.2. The lowest BCUT2D eigenvalue weighted by molar-refractivity contribution is 0.378. The molecule has 1 aliphatic carbocycles. The maximum atomic E-state index is 13.2. The quantitative estimate of drug-likeness (QED) is 0.890. The van der Waals surface area contributed by atoms with E-state index in [1.165, 1.54) is 31.4 Å².